The molecule has 2 aromatic rings. The smallest absolute Gasteiger partial charge is 0.262 e. The van der Waals surface area contributed by atoms with Gasteiger partial charge in [0.1, 0.15) is 6.23 Å². The van der Waals surface area contributed by atoms with Crippen LogP contribution in [0.4, 0.5) is 5.95 Å². The molecular weight excluding hydrogens is 451 g/mol. The lowest BCUT2D eigenvalue weighted by Gasteiger charge is -2.17. The Balaban J connectivity index is 2.03. The second-order valence-corrected chi connectivity index (χ2v) is 8.70. The molecule has 3 N–H and O–H groups in total. The van der Waals surface area contributed by atoms with Crippen LogP contribution in [0, 0.1) is 8.99 Å². The Morgan fingerprint density at radius 2 is 2.23 bits per heavy atom. The molecular formula is C17H23IN4O4. The minimum absolute atomic E-state index is 0.101. The average Bonchev–Trinajstić information content (AvgIpc) is 3.06. The highest BCUT2D eigenvalue weighted by Crippen LogP contribution is 2.33. The van der Waals surface area contributed by atoms with Crippen molar-refractivity contribution >= 4 is 45.5 Å². The van der Waals surface area contributed by atoms with Gasteiger partial charge in [-0.25, -0.2) is 0 Å². The number of nitrogens with zero attached hydrogens (tertiary/aromatic N) is 2. The molecule has 8 nitrogen and oxygen atoms in total. The van der Waals surface area contributed by atoms with E-state index in [1.54, 1.807) is 31.5 Å². The highest BCUT2D eigenvalue weighted by Gasteiger charge is 2.35. The number of hydrogen-bond acceptors (Lipinski definition) is 5. The van der Waals surface area contributed by atoms with Gasteiger partial charge in [0.05, 0.1) is 17.6 Å². The normalized spacial score (nSPS) is 23.5. The fourth-order valence-electron chi connectivity index (χ4n) is 2.94. The average molecular weight is 474 g/mol. The maximum atomic E-state index is 12.5. The van der Waals surface area contributed by atoms with E-state index < -0.39 is 17.7 Å². The summed E-state index contributed by atoms with van der Waals surface area (Å²) in [6, 6.07) is 0. The topological polar surface area (TPSA) is 109 Å². The van der Waals surface area contributed by atoms with Gasteiger partial charge in [0, 0.05) is 21.6 Å². The zero-order valence-electron chi connectivity index (χ0n) is 15.2. The van der Waals surface area contributed by atoms with Crippen molar-refractivity contribution in [1.82, 2.24) is 14.5 Å². The van der Waals surface area contributed by atoms with Crippen LogP contribution in [0.2, 0.25) is 0 Å². The van der Waals surface area contributed by atoms with Crippen LogP contribution in [0.3, 0.4) is 0 Å². The Morgan fingerprint density at radius 1 is 1.54 bits per heavy atom. The Kier molecular flexibility index (Phi) is 5.15. The molecule has 26 heavy (non-hydrogen) atoms. The van der Waals surface area contributed by atoms with Crippen LogP contribution in [0.25, 0.3) is 11.0 Å². The summed E-state index contributed by atoms with van der Waals surface area (Å²) in [6.45, 7) is 7.30. The van der Waals surface area contributed by atoms with E-state index in [1.165, 1.54) is 0 Å². The number of halogens is 1. The monoisotopic (exact) mass is 474 g/mol. The molecule has 0 aliphatic carbocycles. The summed E-state index contributed by atoms with van der Waals surface area (Å²) in [7, 11) is 0. The van der Waals surface area contributed by atoms with Crippen LogP contribution < -0.4 is 10.9 Å². The maximum Gasteiger partial charge on any atom is 0.262 e. The van der Waals surface area contributed by atoms with Gasteiger partial charge in [0.2, 0.25) is 11.9 Å². The van der Waals surface area contributed by atoms with E-state index in [-0.39, 0.29) is 23.5 Å². The van der Waals surface area contributed by atoms with Gasteiger partial charge in [-0.2, -0.15) is 4.98 Å². The van der Waals surface area contributed by atoms with Gasteiger partial charge in [-0.15, -0.1) is 0 Å². The molecule has 9 heteroatoms. The number of carbonyl (C=O) groups is 1. The number of rotatable bonds is 3. The summed E-state index contributed by atoms with van der Waals surface area (Å²) >= 11 is 2.07. The van der Waals surface area contributed by atoms with E-state index in [1.807, 2.05) is 6.92 Å². The number of aliphatic hydroxyl groups excluding tert-OH is 1. The number of H-pyrrole nitrogens is 1. The molecule has 0 spiro atoms. The fourth-order valence-corrected chi connectivity index (χ4v) is 3.73. The molecule has 1 unspecified atom stereocenters. The molecule has 2 aromatic heterocycles. The second kappa shape index (κ2) is 6.93. The lowest BCUT2D eigenvalue weighted by atomic mass is 9.96. The Hall–Kier alpha value is -1.46. The molecule has 0 bridgehead atoms. The van der Waals surface area contributed by atoms with Gasteiger partial charge in [-0.1, -0.05) is 27.7 Å². The number of amides is 1. The molecule has 1 amide bonds. The van der Waals surface area contributed by atoms with Crippen molar-refractivity contribution in [2.45, 2.75) is 59.0 Å². The maximum absolute atomic E-state index is 12.5. The number of ether oxygens (including phenoxy) is 1. The minimum atomic E-state index is -0.614. The molecule has 3 heterocycles. The van der Waals surface area contributed by atoms with Crippen molar-refractivity contribution in [3.05, 3.63) is 20.1 Å². The summed E-state index contributed by atoms with van der Waals surface area (Å²) in [5, 5.41) is 13.2. The highest BCUT2D eigenvalue weighted by atomic mass is 127. The lowest BCUT2D eigenvalue weighted by molar-refractivity contribution is -0.123. The first-order valence-electron chi connectivity index (χ1n) is 8.57. The summed E-state index contributed by atoms with van der Waals surface area (Å²) < 4.78 is 8.41. The first kappa shape index (κ1) is 19.3. The van der Waals surface area contributed by atoms with Gasteiger partial charge in [-0.3, -0.25) is 19.9 Å². The van der Waals surface area contributed by atoms with Crippen LogP contribution in [-0.4, -0.2) is 37.8 Å². The van der Waals surface area contributed by atoms with Crippen LogP contribution in [0.1, 0.15) is 46.8 Å². The molecule has 1 saturated heterocycles. The lowest BCUT2D eigenvalue weighted by Crippen LogP contribution is -2.29. The third-order valence-electron chi connectivity index (χ3n) is 4.47. The van der Waals surface area contributed by atoms with Crippen molar-refractivity contribution in [2.24, 2.45) is 5.41 Å². The molecule has 1 fully saturated rings. The van der Waals surface area contributed by atoms with E-state index in [4.69, 9.17) is 4.74 Å². The van der Waals surface area contributed by atoms with Crippen molar-refractivity contribution < 1.29 is 14.6 Å². The summed E-state index contributed by atoms with van der Waals surface area (Å²) in [4.78, 5) is 31.8. The van der Waals surface area contributed by atoms with Crippen LogP contribution >= 0.6 is 22.6 Å². The Bertz CT molecular complexity index is 899. The van der Waals surface area contributed by atoms with E-state index in [9.17, 15) is 14.7 Å². The SMILES string of the molecule is CC[C@H]1O[C@@H](n2cc(I)c3c(=O)[nH]c(NC(=O)C(C)(C)C)nc32)CC1O. The van der Waals surface area contributed by atoms with Crippen molar-refractivity contribution in [3.8, 4) is 0 Å². The number of carbonyl (C=O) groups excluding carboxylic acids is 1. The van der Waals surface area contributed by atoms with E-state index in [2.05, 4.69) is 37.9 Å². The molecule has 0 aromatic carbocycles. The highest BCUT2D eigenvalue weighted by molar-refractivity contribution is 14.1. The number of aromatic amines is 1. The first-order chi connectivity index (χ1) is 12.1. The van der Waals surface area contributed by atoms with Gasteiger partial charge in [0.25, 0.3) is 5.56 Å². The number of aromatic nitrogens is 3. The third kappa shape index (κ3) is 3.52. The number of aliphatic hydroxyl groups is 1. The standard InChI is InChI=1S/C17H23IN4O4/c1-5-10-9(23)6-11(26-10)22-7-8(18)12-13(22)19-16(20-14(12)24)21-15(25)17(2,3)4/h7,9-11,23H,5-6H2,1-4H3,(H2,19,20,21,24,25)/t9?,10-,11-/m1/s1. The quantitative estimate of drug-likeness (QED) is 0.592. The number of fused-ring (bicyclic) bond motifs is 1. The number of nitrogens with one attached hydrogen (secondary N) is 2. The number of hydrogen-bond donors (Lipinski definition) is 3. The van der Waals surface area contributed by atoms with Crippen molar-refractivity contribution in [2.75, 3.05) is 5.32 Å². The van der Waals surface area contributed by atoms with Crippen LogP contribution in [0.15, 0.2) is 11.0 Å². The molecule has 3 atom stereocenters. The molecule has 1 aliphatic heterocycles. The van der Waals surface area contributed by atoms with Crippen molar-refractivity contribution in [3.63, 3.8) is 0 Å². The van der Waals surface area contributed by atoms with Crippen LogP contribution in [0.5, 0.6) is 0 Å². The molecule has 142 valence electrons. The second-order valence-electron chi connectivity index (χ2n) is 7.54. The summed E-state index contributed by atoms with van der Waals surface area (Å²) in [5.41, 5.74) is -0.513. The number of anilines is 1. The molecule has 3 rings (SSSR count). The van der Waals surface area contributed by atoms with Gasteiger partial charge < -0.3 is 14.4 Å². The molecule has 1 aliphatic rings. The predicted molar refractivity (Wildman–Crippen MR) is 106 cm³/mol. The molecule has 0 saturated carbocycles. The van der Waals surface area contributed by atoms with Gasteiger partial charge in [0.15, 0.2) is 5.65 Å². The van der Waals surface area contributed by atoms with E-state index in [0.717, 1.165) is 3.57 Å². The summed E-state index contributed by atoms with van der Waals surface area (Å²) in [5.74, 6) is -0.143. The zero-order chi connectivity index (χ0) is 19.2. The van der Waals surface area contributed by atoms with Gasteiger partial charge >= 0.3 is 0 Å². The first-order valence-corrected chi connectivity index (χ1v) is 9.65. The van der Waals surface area contributed by atoms with Gasteiger partial charge in [-0.05, 0) is 29.0 Å². The summed E-state index contributed by atoms with van der Waals surface area (Å²) in [6.07, 6.45) is 1.73. The minimum Gasteiger partial charge on any atom is -0.390 e. The van der Waals surface area contributed by atoms with Crippen LogP contribution in [-0.2, 0) is 9.53 Å². The molecule has 0 radical (unpaired) electrons. The van der Waals surface area contributed by atoms with E-state index >= 15 is 0 Å². The van der Waals surface area contributed by atoms with E-state index in [0.29, 0.717) is 23.9 Å². The Morgan fingerprint density at radius 3 is 2.81 bits per heavy atom. The fraction of sp³-hybridized carbons (Fsp3) is 0.588. The van der Waals surface area contributed by atoms with Crippen molar-refractivity contribution in [1.29, 1.82) is 0 Å². The third-order valence-corrected chi connectivity index (χ3v) is 5.28. The largest absolute Gasteiger partial charge is 0.390 e. The Labute approximate surface area is 164 Å². The zero-order valence-corrected chi connectivity index (χ0v) is 17.3. The predicted octanol–water partition coefficient (Wildman–Crippen LogP) is 2.37.